The molecule has 0 amide bonds. The zero-order valence-electron chi connectivity index (χ0n) is 16.5. The molecule has 1 N–H and O–H groups in total. The summed E-state index contributed by atoms with van der Waals surface area (Å²) >= 11 is 6.19. The molecule has 146 valence electrons. The van der Waals surface area contributed by atoms with Crippen LogP contribution in [0.2, 0.25) is 5.02 Å². The van der Waals surface area contributed by atoms with Gasteiger partial charge in [0, 0.05) is 43.4 Å². The Morgan fingerprint density at radius 3 is 2.59 bits per heavy atom. The molecule has 0 radical (unpaired) electrons. The topological polar surface area (TPSA) is 56.9 Å². The number of hydrogen-bond acceptors (Lipinski definition) is 4. The molecular weight excluding hydrogens is 362 g/mol. The Morgan fingerprint density at radius 2 is 1.96 bits per heavy atom. The van der Waals surface area contributed by atoms with E-state index >= 15 is 0 Å². The Labute approximate surface area is 166 Å². The molecule has 1 aliphatic rings. The lowest BCUT2D eigenvalue weighted by Crippen LogP contribution is -2.52. The number of aromatic nitrogens is 1. The van der Waals surface area contributed by atoms with Crippen molar-refractivity contribution >= 4 is 23.2 Å². The molecule has 0 bridgehead atoms. The number of halogens is 1. The molecule has 1 aromatic carbocycles. The van der Waals surface area contributed by atoms with Crippen LogP contribution in [0.5, 0.6) is 0 Å². The van der Waals surface area contributed by atoms with Gasteiger partial charge in [-0.15, -0.1) is 0 Å². The van der Waals surface area contributed by atoms with Gasteiger partial charge in [0.15, 0.2) is 5.96 Å². The summed E-state index contributed by atoms with van der Waals surface area (Å²) in [6.45, 7) is 13.0. The van der Waals surface area contributed by atoms with Crippen molar-refractivity contribution in [2.45, 2.75) is 34.2 Å². The third kappa shape index (κ3) is 4.75. The SMILES string of the molecule is CCNC(=NCc1nc(C)c(C)o1)N1CCN(c2cc(Cl)ccc2C)CC1. The summed E-state index contributed by atoms with van der Waals surface area (Å²) in [5, 5.41) is 4.17. The number of aryl methyl sites for hydroxylation is 3. The van der Waals surface area contributed by atoms with Gasteiger partial charge in [-0.1, -0.05) is 17.7 Å². The molecule has 2 heterocycles. The van der Waals surface area contributed by atoms with E-state index in [0.717, 1.165) is 55.2 Å². The van der Waals surface area contributed by atoms with Crippen molar-refractivity contribution in [3.8, 4) is 0 Å². The van der Waals surface area contributed by atoms with Crippen molar-refractivity contribution in [1.29, 1.82) is 0 Å². The number of piperazine rings is 1. The molecule has 7 heteroatoms. The van der Waals surface area contributed by atoms with Gasteiger partial charge in [-0.25, -0.2) is 9.98 Å². The summed E-state index contributed by atoms with van der Waals surface area (Å²) in [6, 6.07) is 6.08. The number of guanidine groups is 1. The molecule has 0 aliphatic carbocycles. The number of aliphatic imine (C=N–C) groups is 1. The van der Waals surface area contributed by atoms with E-state index in [9.17, 15) is 0 Å². The van der Waals surface area contributed by atoms with Crippen molar-refractivity contribution in [2.75, 3.05) is 37.6 Å². The van der Waals surface area contributed by atoms with Gasteiger partial charge in [0.1, 0.15) is 12.3 Å². The number of benzene rings is 1. The standard InChI is InChI=1S/C20H28ClN5O/c1-5-22-20(23-13-19-24-15(3)16(4)27-19)26-10-8-25(9-11-26)18-12-17(21)7-6-14(18)2/h6-7,12H,5,8-11,13H2,1-4H3,(H,22,23). The summed E-state index contributed by atoms with van der Waals surface area (Å²) in [6.07, 6.45) is 0. The van der Waals surface area contributed by atoms with Gasteiger partial charge >= 0.3 is 0 Å². The number of anilines is 1. The Balaban J connectivity index is 1.66. The maximum absolute atomic E-state index is 6.19. The summed E-state index contributed by atoms with van der Waals surface area (Å²) in [7, 11) is 0. The van der Waals surface area contributed by atoms with Crippen LogP contribution >= 0.6 is 11.6 Å². The molecule has 3 rings (SSSR count). The number of nitrogens with zero attached hydrogens (tertiary/aromatic N) is 4. The summed E-state index contributed by atoms with van der Waals surface area (Å²) in [5.41, 5.74) is 3.40. The van der Waals surface area contributed by atoms with E-state index in [0.29, 0.717) is 12.4 Å². The molecule has 2 aromatic rings. The third-order valence-electron chi connectivity index (χ3n) is 4.86. The largest absolute Gasteiger partial charge is 0.444 e. The van der Waals surface area contributed by atoms with Crippen molar-refractivity contribution in [2.24, 2.45) is 4.99 Å². The summed E-state index contributed by atoms with van der Waals surface area (Å²) in [4.78, 5) is 13.8. The van der Waals surface area contributed by atoms with Gasteiger partial charge < -0.3 is 19.5 Å². The molecule has 1 saturated heterocycles. The van der Waals surface area contributed by atoms with Crippen LogP contribution in [0.3, 0.4) is 0 Å². The minimum atomic E-state index is 0.449. The minimum Gasteiger partial charge on any atom is -0.444 e. The van der Waals surface area contributed by atoms with Crippen molar-refractivity contribution < 1.29 is 4.42 Å². The van der Waals surface area contributed by atoms with Crippen LogP contribution < -0.4 is 10.2 Å². The maximum atomic E-state index is 6.19. The lowest BCUT2D eigenvalue weighted by atomic mass is 10.1. The van der Waals surface area contributed by atoms with Gasteiger partial charge in [-0.3, -0.25) is 0 Å². The highest BCUT2D eigenvalue weighted by atomic mass is 35.5. The molecule has 0 spiro atoms. The predicted octanol–water partition coefficient (Wildman–Crippen LogP) is 3.54. The molecule has 0 atom stereocenters. The number of rotatable bonds is 4. The smallest absolute Gasteiger partial charge is 0.216 e. The molecule has 0 saturated carbocycles. The fourth-order valence-corrected chi connectivity index (χ4v) is 3.42. The van der Waals surface area contributed by atoms with Crippen LogP contribution in [0, 0.1) is 20.8 Å². The Morgan fingerprint density at radius 1 is 1.22 bits per heavy atom. The van der Waals surface area contributed by atoms with Crippen LogP contribution in [0.4, 0.5) is 5.69 Å². The van der Waals surface area contributed by atoms with Crippen LogP contribution in [0.25, 0.3) is 0 Å². The zero-order chi connectivity index (χ0) is 19.4. The summed E-state index contributed by atoms with van der Waals surface area (Å²) < 4.78 is 5.64. The Bertz CT molecular complexity index is 789. The summed E-state index contributed by atoms with van der Waals surface area (Å²) in [5.74, 6) is 2.43. The normalized spacial score (nSPS) is 15.4. The average molecular weight is 390 g/mol. The van der Waals surface area contributed by atoms with Crippen LogP contribution in [0.15, 0.2) is 27.6 Å². The fraction of sp³-hybridized carbons (Fsp3) is 0.500. The Hall–Kier alpha value is -2.21. The van der Waals surface area contributed by atoms with E-state index < -0.39 is 0 Å². The van der Waals surface area contributed by atoms with E-state index in [1.807, 2.05) is 19.9 Å². The first-order valence-corrected chi connectivity index (χ1v) is 9.83. The van der Waals surface area contributed by atoms with E-state index in [1.165, 1.54) is 11.3 Å². The zero-order valence-corrected chi connectivity index (χ0v) is 17.3. The lowest BCUT2D eigenvalue weighted by molar-refractivity contribution is 0.371. The first kappa shape index (κ1) is 19.5. The number of nitrogens with one attached hydrogen (secondary N) is 1. The molecule has 27 heavy (non-hydrogen) atoms. The first-order valence-electron chi connectivity index (χ1n) is 9.45. The lowest BCUT2D eigenvalue weighted by Gasteiger charge is -2.38. The average Bonchev–Trinajstić information content (AvgIpc) is 2.98. The number of oxazole rings is 1. The van der Waals surface area contributed by atoms with Gasteiger partial charge in [-0.2, -0.15) is 0 Å². The van der Waals surface area contributed by atoms with Crippen molar-refractivity contribution in [1.82, 2.24) is 15.2 Å². The van der Waals surface area contributed by atoms with Crippen molar-refractivity contribution in [3.05, 3.63) is 46.1 Å². The predicted molar refractivity (Wildman–Crippen MR) is 111 cm³/mol. The molecular formula is C20H28ClN5O. The van der Waals surface area contributed by atoms with Gasteiger partial charge in [0.25, 0.3) is 0 Å². The molecule has 1 aromatic heterocycles. The van der Waals surface area contributed by atoms with E-state index in [2.05, 4.69) is 46.1 Å². The van der Waals surface area contributed by atoms with E-state index in [4.69, 9.17) is 21.0 Å². The monoisotopic (exact) mass is 389 g/mol. The van der Waals surface area contributed by atoms with Crippen molar-refractivity contribution in [3.63, 3.8) is 0 Å². The van der Waals surface area contributed by atoms with Crippen LogP contribution in [-0.2, 0) is 6.54 Å². The van der Waals surface area contributed by atoms with Crippen LogP contribution in [-0.4, -0.2) is 48.6 Å². The molecule has 1 fully saturated rings. The highest BCUT2D eigenvalue weighted by Gasteiger charge is 2.21. The minimum absolute atomic E-state index is 0.449. The third-order valence-corrected chi connectivity index (χ3v) is 5.10. The van der Waals surface area contributed by atoms with Gasteiger partial charge in [-0.05, 0) is 45.4 Å². The second-order valence-corrected chi connectivity index (χ2v) is 7.26. The van der Waals surface area contributed by atoms with Crippen LogP contribution in [0.1, 0.15) is 29.8 Å². The maximum Gasteiger partial charge on any atom is 0.216 e. The first-order chi connectivity index (χ1) is 13.0. The van der Waals surface area contributed by atoms with E-state index in [1.54, 1.807) is 0 Å². The van der Waals surface area contributed by atoms with Gasteiger partial charge in [0.2, 0.25) is 5.89 Å². The molecule has 1 aliphatic heterocycles. The second kappa shape index (κ2) is 8.65. The second-order valence-electron chi connectivity index (χ2n) is 6.82. The Kier molecular flexibility index (Phi) is 6.26. The highest BCUT2D eigenvalue weighted by Crippen LogP contribution is 2.25. The quantitative estimate of drug-likeness (QED) is 0.640. The fourth-order valence-electron chi connectivity index (χ4n) is 3.26. The van der Waals surface area contributed by atoms with E-state index in [-0.39, 0.29) is 0 Å². The number of hydrogen-bond donors (Lipinski definition) is 1. The highest BCUT2D eigenvalue weighted by molar-refractivity contribution is 6.30. The molecule has 0 unspecified atom stereocenters. The molecule has 6 nitrogen and oxygen atoms in total. The van der Waals surface area contributed by atoms with Gasteiger partial charge in [0.05, 0.1) is 5.69 Å².